The molecule has 2 rings (SSSR count). The number of nitro groups is 1. The predicted molar refractivity (Wildman–Crippen MR) is 73.5 cm³/mol. The zero-order valence-electron chi connectivity index (χ0n) is 10.1. The number of nitrogens with zero attached hydrogens (tertiary/aromatic N) is 2. The SMILES string of the molecule is CC(Br)c1cc(N2CCOCC2)cc([N+](=O)[O-])c1. The van der Waals surface area contributed by atoms with E-state index in [4.69, 9.17) is 4.74 Å². The lowest BCUT2D eigenvalue weighted by Gasteiger charge is -2.29. The molecule has 1 aromatic carbocycles. The molecule has 18 heavy (non-hydrogen) atoms. The van der Waals surface area contributed by atoms with Crippen molar-refractivity contribution < 1.29 is 9.66 Å². The van der Waals surface area contributed by atoms with Crippen molar-refractivity contribution in [2.75, 3.05) is 31.2 Å². The van der Waals surface area contributed by atoms with Gasteiger partial charge in [0.05, 0.1) is 18.1 Å². The second-order valence-electron chi connectivity index (χ2n) is 4.26. The lowest BCUT2D eigenvalue weighted by atomic mass is 10.1. The average Bonchev–Trinajstić information content (AvgIpc) is 2.39. The predicted octanol–water partition coefficient (Wildman–Crippen LogP) is 2.89. The Bertz CT molecular complexity index is 445. The minimum absolute atomic E-state index is 0.0946. The normalized spacial score (nSPS) is 17.6. The lowest BCUT2D eigenvalue weighted by Crippen LogP contribution is -2.36. The molecular weight excluding hydrogens is 300 g/mol. The molecule has 0 radical (unpaired) electrons. The Kier molecular flexibility index (Phi) is 4.19. The zero-order valence-corrected chi connectivity index (χ0v) is 11.7. The molecule has 0 saturated carbocycles. The van der Waals surface area contributed by atoms with E-state index in [9.17, 15) is 10.1 Å². The highest BCUT2D eigenvalue weighted by Crippen LogP contribution is 2.31. The van der Waals surface area contributed by atoms with E-state index in [0.29, 0.717) is 13.2 Å². The van der Waals surface area contributed by atoms with Crippen LogP contribution in [0.2, 0.25) is 0 Å². The Morgan fingerprint density at radius 1 is 1.39 bits per heavy atom. The molecule has 1 aliphatic rings. The fourth-order valence-corrected chi connectivity index (χ4v) is 2.22. The highest BCUT2D eigenvalue weighted by atomic mass is 79.9. The number of nitro benzene ring substituents is 1. The highest BCUT2D eigenvalue weighted by Gasteiger charge is 2.17. The Hall–Kier alpha value is -1.14. The van der Waals surface area contributed by atoms with Crippen molar-refractivity contribution in [3.05, 3.63) is 33.9 Å². The van der Waals surface area contributed by atoms with Crippen LogP contribution in [0.25, 0.3) is 0 Å². The number of anilines is 1. The fraction of sp³-hybridized carbons (Fsp3) is 0.500. The molecule has 1 unspecified atom stereocenters. The van der Waals surface area contributed by atoms with Crippen LogP contribution in [0.5, 0.6) is 0 Å². The van der Waals surface area contributed by atoms with Crippen molar-refractivity contribution in [3.63, 3.8) is 0 Å². The molecule has 0 spiro atoms. The van der Waals surface area contributed by atoms with E-state index in [2.05, 4.69) is 20.8 Å². The zero-order chi connectivity index (χ0) is 13.1. The largest absolute Gasteiger partial charge is 0.378 e. The van der Waals surface area contributed by atoms with Gasteiger partial charge in [-0.2, -0.15) is 0 Å². The molecule has 98 valence electrons. The molecular formula is C12H15BrN2O3. The molecule has 0 aliphatic carbocycles. The summed E-state index contributed by atoms with van der Waals surface area (Å²) >= 11 is 3.46. The van der Waals surface area contributed by atoms with Gasteiger partial charge < -0.3 is 9.64 Å². The number of non-ortho nitro benzene ring substituents is 1. The Morgan fingerprint density at radius 3 is 2.61 bits per heavy atom. The first kappa shape index (κ1) is 13.3. The summed E-state index contributed by atoms with van der Waals surface area (Å²) in [6.45, 7) is 4.85. The minimum Gasteiger partial charge on any atom is -0.378 e. The van der Waals surface area contributed by atoms with Gasteiger partial charge in [0.15, 0.2) is 0 Å². The third-order valence-electron chi connectivity index (χ3n) is 2.97. The van der Waals surface area contributed by atoms with Crippen molar-refractivity contribution in [3.8, 4) is 0 Å². The van der Waals surface area contributed by atoms with Crippen molar-refractivity contribution in [1.29, 1.82) is 0 Å². The monoisotopic (exact) mass is 314 g/mol. The second kappa shape index (κ2) is 5.67. The summed E-state index contributed by atoms with van der Waals surface area (Å²) in [5.74, 6) is 0. The van der Waals surface area contributed by atoms with Crippen LogP contribution in [0, 0.1) is 10.1 Å². The van der Waals surface area contributed by atoms with E-state index in [-0.39, 0.29) is 15.4 Å². The number of morpholine rings is 1. The quantitative estimate of drug-likeness (QED) is 0.489. The molecule has 1 heterocycles. The first-order valence-electron chi connectivity index (χ1n) is 5.84. The van der Waals surface area contributed by atoms with Gasteiger partial charge in [-0.05, 0) is 18.6 Å². The van der Waals surface area contributed by atoms with Crippen LogP contribution in [-0.4, -0.2) is 31.2 Å². The van der Waals surface area contributed by atoms with Crippen LogP contribution in [0.1, 0.15) is 17.3 Å². The van der Waals surface area contributed by atoms with Crippen LogP contribution in [0.15, 0.2) is 18.2 Å². The Morgan fingerprint density at radius 2 is 2.06 bits per heavy atom. The number of hydrogen-bond donors (Lipinski definition) is 0. The molecule has 1 saturated heterocycles. The van der Waals surface area contributed by atoms with E-state index in [1.54, 1.807) is 12.1 Å². The summed E-state index contributed by atoms with van der Waals surface area (Å²) < 4.78 is 5.29. The maximum atomic E-state index is 11.0. The second-order valence-corrected chi connectivity index (χ2v) is 5.63. The first-order chi connectivity index (χ1) is 8.58. The topological polar surface area (TPSA) is 55.6 Å². The van der Waals surface area contributed by atoms with Crippen molar-refractivity contribution in [2.45, 2.75) is 11.8 Å². The van der Waals surface area contributed by atoms with Crippen LogP contribution < -0.4 is 4.90 Å². The van der Waals surface area contributed by atoms with Gasteiger partial charge in [-0.15, -0.1) is 0 Å². The van der Waals surface area contributed by atoms with E-state index in [0.717, 1.165) is 24.3 Å². The standard InChI is InChI=1S/C12H15BrN2O3/c1-9(13)10-6-11(8-12(7-10)15(16)17)14-2-4-18-5-3-14/h6-9H,2-5H2,1H3. The summed E-state index contributed by atoms with van der Waals surface area (Å²) in [7, 11) is 0. The lowest BCUT2D eigenvalue weighted by molar-refractivity contribution is -0.384. The molecule has 0 aromatic heterocycles. The van der Waals surface area contributed by atoms with E-state index in [1.807, 2.05) is 13.0 Å². The van der Waals surface area contributed by atoms with Gasteiger partial charge in [-0.3, -0.25) is 10.1 Å². The van der Waals surface area contributed by atoms with Crippen LogP contribution in [-0.2, 0) is 4.74 Å². The smallest absolute Gasteiger partial charge is 0.271 e. The van der Waals surface area contributed by atoms with Crippen LogP contribution >= 0.6 is 15.9 Å². The Labute approximate surface area is 114 Å². The number of alkyl halides is 1. The van der Waals surface area contributed by atoms with Gasteiger partial charge in [0.2, 0.25) is 0 Å². The summed E-state index contributed by atoms with van der Waals surface area (Å²) in [4.78, 5) is 12.8. The van der Waals surface area contributed by atoms with Gasteiger partial charge in [-0.1, -0.05) is 15.9 Å². The molecule has 6 heteroatoms. The van der Waals surface area contributed by atoms with Gasteiger partial charge in [-0.25, -0.2) is 0 Å². The minimum atomic E-state index is -0.344. The molecule has 1 aliphatic heterocycles. The average molecular weight is 315 g/mol. The summed E-state index contributed by atoms with van der Waals surface area (Å²) in [5, 5.41) is 11.0. The highest BCUT2D eigenvalue weighted by molar-refractivity contribution is 9.09. The van der Waals surface area contributed by atoms with Gasteiger partial charge in [0, 0.05) is 35.7 Å². The van der Waals surface area contributed by atoms with Crippen molar-refractivity contribution in [2.24, 2.45) is 0 Å². The van der Waals surface area contributed by atoms with Gasteiger partial charge in [0.25, 0.3) is 5.69 Å². The van der Waals surface area contributed by atoms with Crippen LogP contribution in [0.3, 0.4) is 0 Å². The molecule has 1 fully saturated rings. The molecule has 0 bridgehead atoms. The maximum Gasteiger partial charge on any atom is 0.271 e. The molecule has 1 aromatic rings. The van der Waals surface area contributed by atoms with Crippen LogP contribution in [0.4, 0.5) is 11.4 Å². The van der Waals surface area contributed by atoms with E-state index in [1.165, 1.54) is 0 Å². The Balaban J connectivity index is 2.35. The first-order valence-corrected chi connectivity index (χ1v) is 6.75. The third kappa shape index (κ3) is 3.00. The number of rotatable bonds is 3. The summed E-state index contributed by atoms with van der Waals surface area (Å²) in [6, 6.07) is 5.24. The summed E-state index contributed by atoms with van der Waals surface area (Å²) in [5.41, 5.74) is 1.96. The van der Waals surface area contributed by atoms with Gasteiger partial charge in [0.1, 0.15) is 0 Å². The van der Waals surface area contributed by atoms with E-state index < -0.39 is 0 Å². The number of ether oxygens (including phenoxy) is 1. The summed E-state index contributed by atoms with van der Waals surface area (Å²) in [6.07, 6.45) is 0. The number of hydrogen-bond acceptors (Lipinski definition) is 4. The van der Waals surface area contributed by atoms with Crippen molar-refractivity contribution >= 4 is 27.3 Å². The number of halogens is 1. The maximum absolute atomic E-state index is 11.0. The molecule has 0 N–H and O–H groups in total. The van der Waals surface area contributed by atoms with Gasteiger partial charge >= 0.3 is 0 Å². The molecule has 1 atom stereocenters. The third-order valence-corrected chi connectivity index (χ3v) is 3.50. The molecule has 5 nitrogen and oxygen atoms in total. The fourth-order valence-electron chi connectivity index (χ4n) is 1.96. The molecule has 0 amide bonds. The number of benzene rings is 1. The van der Waals surface area contributed by atoms with Crippen molar-refractivity contribution in [1.82, 2.24) is 0 Å². The van der Waals surface area contributed by atoms with E-state index >= 15 is 0 Å².